The maximum atomic E-state index is 12.7. The molecule has 3 aliphatic rings. The Labute approximate surface area is 337 Å². The number of rotatable bonds is 16. The molecule has 298 valence electrons. The minimum atomic E-state index is -1.78. The van der Waals surface area contributed by atoms with Crippen LogP contribution in [0.1, 0.15) is 77.3 Å². The van der Waals surface area contributed by atoms with Crippen molar-refractivity contribution in [2.75, 3.05) is 19.2 Å². The van der Waals surface area contributed by atoms with Gasteiger partial charge in [0.05, 0.1) is 4.92 Å². The molecule has 3 aliphatic heterocycles. The molecule has 3 heterocycles. The Balaban J connectivity index is 0.000000258. The molecular weight excluding hydrogens is 805 g/mol. The number of esters is 1. The Morgan fingerprint density at radius 2 is 1.70 bits per heavy atom. The van der Waals surface area contributed by atoms with Crippen molar-refractivity contribution >= 4 is 81.4 Å². The number of unbranched alkanes of at least 4 members (excludes halogenated alkanes) is 5. The van der Waals surface area contributed by atoms with Gasteiger partial charge in [0.1, 0.15) is 41.7 Å². The normalized spacial score (nSPS) is 20.5. The van der Waals surface area contributed by atoms with Crippen molar-refractivity contribution in [3.8, 4) is 11.5 Å². The lowest BCUT2D eigenvalue weighted by Gasteiger charge is -2.43. The summed E-state index contributed by atoms with van der Waals surface area (Å²) in [6, 6.07) is 9.73. The number of carbonyl (C=O) groups excluding carboxylic acids is 3. The molecule has 0 radical (unpaired) electrons. The summed E-state index contributed by atoms with van der Waals surface area (Å²) in [5.74, 6) is 1.29. The number of benzene rings is 2. The van der Waals surface area contributed by atoms with E-state index in [1.54, 1.807) is 13.8 Å². The number of alkyl halides is 3. The summed E-state index contributed by atoms with van der Waals surface area (Å²) >= 11 is 17.4. The van der Waals surface area contributed by atoms with E-state index < -0.39 is 66.7 Å². The van der Waals surface area contributed by atoms with Crippen molar-refractivity contribution in [2.24, 2.45) is 0 Å². The van der Waals surface area contributed by atoms with Crippen LogP contribution in [-0.2, 0) is 43.3 Å². The Morgan fingerprint density at radius 1 is 1.06 bits per heavy atom. The lowest BCUT2D eigenvalue weighted by atomic mass is 9.96. The summed E-state index contributed by atoms with van der Waals surface area (Å²) in [5, 5.41) is 12.9. The molecule has 54 heavy (non-hydrogen) atoms. The number of nitrogens with one attached hydrogen (secondary N) is 1. The predicted molar refractivity (Wildman–Crippen MR) is 210 cm³/mol. The minimum absolute atomic E-state index is 0.0823. The molecule has 0 aliphatic carbocycles. The Bertz CT molecular complexity index is 1620. The Kier molecular flexibility index (Phi) is 16.1. The van der Waals surface area contributed by atoms with Crippen molar-refractivity contribution in [1.82, 2.24) is 10.2 Å². The third kappa shape index (κ3) is 12.3. The van der Waals surface area contributed by atoms with Crippen LogP contribution in [0, 0.1) is 10.1 Å². The average molecular weight is 851 g/mol. The number of hydrogen-bond donors (Lipinski definition) is 1. The summed E-state index contributed by atoms with van der Waals surface area (Å²) in [6.07, 6.45) is 7.49. The molecule has 5 rings (SSSR count). The van der Waals surface area contributed by atoms with Crippen molar-refractivity contribution in [3.63, 3.8) is 0 Å². The number of nitro groups is 1. The molecule has 2 aromatic rings. The number of halogens is 3. The molecule has 18 heteroatoms. The molecule has 2 fully saturated rings. The molecule has 2 amide bonds. The van der Waals surface area contributed by atoms with Gasteiger partial charge in [-0.2, -0.15) is 0 Å². The first-order chi connectivity index (χ1) is 25.5. The number of ether oxygens (including phenoxy) is 4. The Morgan fingerprint density at radius 3 is 2.37 bits per heavy atom. The van der Waals surface area contributed by atoms with E-state index in [0.717, 1.165) is 30.1 Å². The highest BCUT2D eigenvalue weighted by atomic mass is 35.6. The second-order valence-electron chi connectivity index (χ2n) is 13.7. The van der Waals surface area contributed by atoms with Gasteiger partial charge in [0, 0.05) is 23.3 Å². The molecule has 0 saturated carbocycles. The van der Waals surface area contributed by atoms with Crippen molar-refractivity contribution < 1.29 is 42.8 Å². The lowest BCUT2D eigenvalue weighted by molar-refractivity contribution is -0.384. The van der Waals surface area contributed by atoms with Crippen LogP contribution in [0.5, 0.6) is 11.5 Å². The van der Waals surface area contributed by atoms with E-state index in [9.17, 15) is 29.1 Å². The fourth-order valence-electron chi connectivity index (χ4n) is 6.11. The summed E-state index contributed by atoms with van der Waals surface area (Å²) in [6.45, 7) is 7.56. The molecule has 2 aromatic carbocycles. The fraction of sp³-hybridized carbons (Fsp3) is 0.583. The van der Waals surface area contributed by atoms with Gasteiger partial charge in [-0.15, -0.1) is 11.8 Å². The zero-order valence-electron chi connectivity index (χ0n) is 30.6. The Hall–Kier alpha value is -2.82. The lowest BCUT2D eigenvalue weighted by Crippen LogP contribution is -2.70. The van der Waals surface area contributed by atoms with Crippen LogP contribution in [0.3, 0.4) is 0 Å². The first-order valence-electron chi connectivity index (χ1n) is 17.7. The van der Waals surface area contributed by atoms with E-state index in [1.165, 1.54) is 78.6 Å². The highest BCUT2D eigenvalue weighted by Gasteiger charge is 2.64. The highest BCUT2D eigenvalue weighted by molar-refractivity contribution is 8.01. The molecule has 0 bridgehead atoms. The molecule has 0 spiro atoms. The topological polar surface area (TPSA) is 170 Å². The zero-order chi connectivity index (χ0) is 39.6. The van der Waals surface area contributed by atoms with E-state index in [4.69, 9.17) is 53.8 Å². The van der Waals surface area contributed by atoms with Crippen LogP contribution in [0.4, 0.5) is 10.5 Å². The van der Waals surface area contributed by atoms with E-state index in [-0.39, 0.29) is 17.5 Å². The zero-order valence-corrected chi connectivity index (χ0v) is 34.5. The molecule has 2 saturated heterocycles. The van der Waals surface area contributed by atoms with Gasteiger partial charge >= 0.3 is 12.1 Å². The standard InChI is InChI=1S/C18H18Cl3N3O7S.C18H28O3S/c1-17(2)12(15(26)31-8-18(19,20)21)23-13(25)11(14(23)32-17)22-16(27)30-7-9-3-5-10(6-4-9)24(28)29;1-3-4-5-6-7-8-11-22(19)15(2)12-16-9-10-17-18(13-16)21-14-20-17/h3-6,11-12,14H,7-8H2,1-2H3,(H,22,27);9-10,13,15H,3-8,11-12,14H2,1-2H3/t11?,12-,14+;/m0./s1. The van der Waals surface area contributed by atoms with E-state index in [2.05, 4.69) is 19.2 Å². The number of hydrogen-bond acceptors (Lipinski definition) is 11. The predicted octanol–water partition coefficient (Wildman–Crippen LogP) is 7.62. The van der Waals surface area contributed by atoms with Gasteiger partial charge in [-0.3, -0.25) is 14.9 Å². The molecular formula is C36H46Cl3N3O10S2. The van der Waals surface area contributed by atoms with E-state index in [0.29, 0.717) is 12.4 Å². The summed E-state index contributed by atoms with van der Waals surface area (Å²) in [5.41, 5.74) is 1.63. The van der Waals surface area contributed by atoms with Gasteiger partial charge in [-0.05, 0) is 69.0 Å². The number of nitro benzene ring substituents is 1. The smallest absolute Gasteiger partial charge is 0.408 e. The molecule has 0 aromatic heterocycles. The van der Waals surface area contributed by atoms with Gasteiger partial charge in [0.25, 0.3) is 5.69 Å². The number of fused-ring (bicyclic) bond motifs is 2. The van der Waals surface area contributed by atoms with Crippen molar-refractivity contribution in [2.45, 2.75) is 110 Å². The first kappa shape index (κ1) is 43.9. The van der Waals surface area contributed by atoms with Gasteiger partial charge in [-0.1, -0.05) is 84.7 Å². The van der Waals surface area contributed by atoms with Crippen LogP contribution in [0.25, 0.3) is 0 Å². The van der Waals surface area contributed by atoms with Crippen LogP contribution in [0.2, 0.25) is 0 Å². The number of thioether (sulfide) groups is 1. The number of amides is 2. The van der Waals surface area contributed by atoms with E-state index >= 15 is 0 Å². The van der Waals surface area contributed by atoms with Crippen LogP contribution < -0.4 is 14.8 Å². The second-order valence-corrected chi connectivity index (χ2v) is 19.9. The van der Waals surface area contributed by atoms with E-state index in [1.807, 2.05) is 18.2 Å². The minimum Gasteiger partial charge on any atom is -0.616 e. The number of carbonyl (C=O) groups is 3. The number of β-lactam (4-membered cyclic amide) rings is 1. The molecule has 13 nitrogen and oxygen atoms in total. The number of nitrogens with zero attached hydrogens (tertiary/aromatic N) is 2. The quantitative estimate of drug-likeness (QED) is 0.0335. The largest absolute Gasteiger partial charge is 0.616 e. The molecule has 1 N–H and O–H groups in total. The van der Waals surface area contributed by atoms with Gasteiger partial charge in [0.15, 0.2) is 11.5 Å². The average Bonchev–Trinajstić information content (AvgIpc) is 3.69. The number of non-ortho nitro benzene ring substituents is 1. The molecule has 3 unspecified atom stereocenters. The van der Waals surface area contributed by atoms with Crippen molar-refractivity contribution in [3.05, 3.63) is 63.7 Å². The third-order valence-corrected chi connectivity index (χ3v) is 12.6. The summed E-state index contributed by atoms with van der Waals surface area (Å²) < 4.78 is 30.7. The number of alkyl carbamates (subject to hydrolysis) is 1. The summed E-state index contributed by atoms with van der Waals surface area (Å²) in [4.78, 5) is 48.8. The van der Waals surface area contributed by atoms with Crippen LogP contribution >= 0.6 is 46.6 Å². The SMILES string of the molecule is CC1(C)S[C@@H]2C(NC(=O)OCc3ccc([N+](=O)[O-])cc3)C(=O)N2[C@H]1C(=O)OCC(Cl)(Cl)Cl.CCCCCCCC[S+]([O-])C(C)Cc1ccc2c(c1)OCO2. The van der Waals surface area contributed by atoms with Crippen LogP contribution in [0.15, 0.2) is 42.5 Å². The maximum absolute atomic E-state index is 12.7. The first-order valence-corrected chi connectivity index (χ1v) is 21.1. The maximum Gasteiger partial charge on any atom is 0.408 e. The summed E-state index contributed by atoms with van der Waals surface area (Å²) in [7, 11) is 0. The monoisotopic (exact) mass is 849 g/mol. The third-order valence-electron chi connectivity index (χ3n) is 8.94. The highest BCUT2D eigenvalue weighted by Crippen LogP contribution is 2.51. The molecule has 5 atom stereocenters. The van der Waals surface area contributed by atoms with Gasteiger partial charge in [0.2, 0.25) is 16.5 Å². The fourth-order valence-corrected chi connectivity index (χ4v) is 9.16. The van der Waals surface area contributed by atoms with Crippen molar-refractivity contribution in [1.29, 1.82) is 0 Å². The van der Waals surface area contributed by atoms with Crippen LogP contribution in [-0.4, -0.2) is 82.7 Å². The van der Waals surface area contributed by atoms with Gasteiger partial charge < -0.3 is 33.7 Å². The second kappa shape index (κ2) is 19.9. The van der Waals surface area contributed by atoms with Gasteiger partial charge in [-0.25, -0.2) is 9.59 Å².